The van der Waals surface area contributed by atoms with Gasteiger partial charge in [0.25, 0.3) is 0 Å². The summed E-state index contributed by atoms with van der Waals surface area (Å²) in [5.74, 6) is 0. The fourth-order valence-corrected chi connectivity index (χ4v) is 4.73. The summed E-state index contributed by atoms with van der Waals surface area (Å²) in [5, 5.41) is 15.2. The number of halogens is 3. The second-order valence-corrected chi connectivity index (χ2v) is 15.8. The Morgan fingerprint density at radius 2 is 0.732 bits per heavy atom. The SMILES string of the molecule is Cc1cc(-c2ccccc2)nn1C(n1nc(-c2ccccc2)cc1C)n1nc(-c2ccccc2)cc1C.[Cl][Cr]([Cl])[Cl]. The third-order valence-corrected chi connectivity index (χ3v) is 6.63. The van der Waals surface area contributed by atoms with E-state index >= 15 is 0 Å². The van der Waals surface area contributed by atoms with Crippen LogP contribution in [0, 0.1) is 20.8 Å². The van der Waals surface area contributed by atoms with Gasteiger partial charge in [-0.3, -0.25) is 0 Å². The van der Waals surface area contributed by atoms with E-state index in [4.69, 9.17) is 45.4 Å². The van der Waals surface area contributed by atoms with Crippen LogP contribution in [0.1, 0.15) is 23.4 Å². The summed E-state index contributed by atoms with van der Waals surface area (Å²) < 4.78 is 6.06. The van der Waals surface area contributed by atoms with Gasteiger partial charge in [0.1, 0.15) is 0 Å². The van der Waals surface area contributed by atoms with Gasteiger partial charge in [0.15, 0.2) is 0 Å². The summed E-state index contributed by atoms with van der Waals surface area (Å²) in [5.41, 5.74) is 9.06. The topological polar surface area (TPSA) is 53.5 Å². The first kappa shape index (κ1) is 29.2. The van der Waals surface area contributed by atoms with Crippen molar-refractivity contribution < 1.29 is 11.4 Å². The first-order chi connectivity index (χ1) is 19.8. The maximum atomic E-state index is 5.07. The number of hydrogen-bond donors (Lipinski definition) is 0. The fourth-order valence-electron chi connectivity index (χ4n) is 4.73. The monoisotopic (exact) mass is 641 g/mol. The normalized spacial score (nSPS) is 11.1. The van der Waals surface area contributed by atoms with Gasteiger partial charge in [-0.1, -0.05) is 91.0 Å². The first-order valence-corrected chi connectivity index (χ1v) is 18.2. The summed E-state index contributed by atoms with van der Waals surface area (Å²) >= 11 is -1.62. The summed E-state index contributed by atoms with van der Waals surface area (Å²) in [7, 11) is 14.8. The van der Waals surface area contributed by atoms with Crippen LogP contribution in [-0.2, 0) is 11.4 Å². The number of hydrogen-bond acceptors (Lipinski definition) is 3. The number of nitrogens with zero attached hydrogens (tertiary/aromatic N) is 6. The Kier molecular flexibility index (Phi) is 9.34. The Morgan fingerprint density at radius 3 is 0.976 bits per heavy atom. The quantitative estimate of drug-likeness (QED) is 0.182. The molecule has 0 amide bonds. The van der Waals surface area contributed by atoms with Crippen molar-refractivity contribution in [2.24, 2.45) is 0 Å². The number of aromatic nitrogens is 6. The molecule has 41 heavy (non-hydrogen) atoms. The second-order valence-electron chi connectivity index (χ2n) is 9.47. The molecule has 0 aliphatic heterocycles. The molecule has 0 aliphatic rings. The molecule has 3 aromatic heterocycles. The first-order valence-electron chi connectivity index (χ1n) is 12.9. The van der Waals surface area contributed by atoms with Crippen molar-refractivity contribution in [1.82, 2.24) is 29.3 Å². The zero-order chi connectivity index (χ0) is 28.9. The van der Waals surface area contributed by atoms with Gasteiger partial charge in [0.05, 0.1) is 17.1 Å². The van der Waals surface area contributed by atoms with Crippen LogP contribution in [0.2, 0.25) is 0 Å². The van der Waals surface area contributed by atoms with E-state index in [0.29, 0.717) is 0 Å². The van der Waals surface area contributed by atoms with Crippen molar-refractivity contribution in [3.8, 4) is 33.8 Å². The molecule has 6 nitrogen and oxygen atoms in total. The Morgan fingerprint density at radius 1 is 0.488 bits per heavy atom. The van der Waals surface area contributed by atoms with Crippen LogP contribution in [0.15, 0.2) is 109 Å². The molecule has 0 N–H and O–H groups in total. The van der Waals surface area contributed by atoms with E-state index in [1.807, 2.05) is 68.6 Å². The van der Waals surface area contributed by atoms with Crippen molar-refractivity contribution in [3.63, 3.8) is 0 Å². The Labute approximate surface area is 256 Å². The summed E-state index contributed by atoms with van der Waals surface area (Å²) in [4.78, 5) is 0. The van der Waals surface area contributed by atoms with E-state index in [9.17, 15) is 0 Å². The van der Waals surface area contributed by atoms with Gasteiger partial charge in [-0.05, 0) is 39.0 Å². The number of benzene rings is 3. The predicted octanol–water partition coefficient (Wildman–Crippen LogP) is 8.82. The minimum atomic E-state index is -1.62. The van der Waals surface area contributed by atoms with Crippen LogP contribution in [0.4, 0.5) is 0 Å². The molecule has 0 saturated carbocycles. The van der Waals surface area contributed by atoms with E-state index in [0.717, 1.165) is 50.9 Å². The summed E-state index contributed by atoms with van der Waals surface area (Å²) in [6.45, 7) is 6.25. The van der Waals surface area contributed by atoms with Gasteiger partial charge >= 0.3 is 41.5 Å². The molecule has 6 aromatic rings. The molecule has 10 heteroatoms. The molecule has 209 valence electrons. The molecular weight excluding hydrogens is 615 g/mol. The second kappa shape index (κ2) is 13.1. The molecule has 0 atom stereocenters. The van der Waals surface area contributed by atoms with E-state index in [2.05, 4.69) is 75.4 Å². The maximum absolute atomic E-state index is 5.07. The van der Waals surface area contributed by atoms with Crippen LogP contribution < -0.4 is 0 Å². The van der Waals surface area contributed by atoms with Crippen LogP contribution in [-0.4, -0.2) is 29.3 Å². The zero-order valence-electron chi connectivity index (χ0n) is 22.7. The minimum absolute atomic E-state index is 0.410. The van der Waals surface area contributed by atoms with Gasteiger partial charge in [-0.2, -0.15) is 15.3 Å². The molecule has 0 radical (unpaired) electrons. The average Bonchev–Trinajstić information content (AvgIpc) is 3.68. The van der Waals surface area contributed by atoms with E-state index in [1.54, 1.807) is 0 Å². The standard InChI is InChI=1S/C31H28N6.3ClH.Cr/c1-22-19-28(25-13-7-4-8-14-25)32-35(22)31(36-23(2)20-29(33-36)26-15-9-5-10-16-26)37-24(3)21-30(34-37)27-17-11-6-12-18-27;;;;/h4-21,31H,1-3H3;3*1H;/q;;;;+3/p-3. The van der Waals surface area contributed by atoms with Crippen molar-refractivity contribution in [3.05, 3.63) is 126 Å². The van der Waals surface area contributed by atoms with Crippen molar-refractivity contribution >= 4 is 30.1 Å². The Balaban J connectivity index is 0.000000794. The Hall–Kier alpha value is -3.31. The van der Waals surface area contributed by atoms with Crippen molar-refractivity contribution in [2.45, 2.75) is 27.1 Å². The third kappa shape index (κ3) is 6.78. The van der Waals surface area contributed by atoms with Crippen molar-refractivity contribution in [1.29, 1.82) is 0 Å². The molecule has 3 aromatic carbocycles. The third-order valence-electron chi connectivity index (χ3n) is 6.63. The molecule has 6 rings (SSSR count). The molecule has 0 saturated heterocycles. The molecule has 0 spiro atoms. The Bertz CT molecular complexity index is 1510. The number of rotatable bonds is 6. The predicted molar refractivity (Wildman–Crippen MR) is 165 cm³/mol. The summed E-state index contributed by atoms with van der Waals surface area (Å²) in [6, 6.07) is 37.1. The van der Waals surface area contributed by atoms with Gasteiger partial charge in [0, 0.05) is 33.8 Å². The molecule has 0 aliphatic carbocycles. The molecule has 3 heterocycles. The molecule has 0 bridgehead atoms. The molecule has 0 unspecified atom stereocenters. The summed E-state index contributed by atoms with van der Waals surface area (Å²) in [6.07, 6.45) is -0.410. The average molecular weight is 643 g/mol. The fraction of sp³-hybridized carbons (Fsp3) is 0.129. The zero-order valence-corrected chi connectivity index (χ0v) is 26.2. The van der Waals surface area contributed by atoms with Crippen molar-refractivity contribution in [2.75, 3.05) is 0 Å². The van der Waals surface area contributed by atoms with Crippen LogP contribution in [0.5, 0.6) is 0 Å². The molecular formula is C31H28Cl3CrN6. The van der Waals surface area contributed by atoms with Crippen LogP contribution >= 0.6 is 30.1 Å². The number of aryl methyl sites for hydroxylation is 3. The van der Waals surface area contributed by atoms with Gasteiger partial charge in [-0.25, -0.2) is 14.0 Å². The van der Waals surface area contributed by atoms with E-state index in [1.165, 1.54) is 0 Å². The van der Waals surface area contributed by atoms with Gasteiger partial charge in [-0.15, -0.1) is 0 Å². The van der Waals surface area contributed by atoms with E-state index in [-0.39, 0.29) is 0 Å². The molecule has 0 fully saturated rings. The van der Waals surface area contributed by atoms with Crippen LogP contribution in [0.25, 0.3) is 33.8 Å². The van der Waals surface area contributed by atoms with Gasteiger partial charge in [0.2, 0.25) is 6.29 Å². The van der Waals surface area contributed by atoms with Crippen LogP contribution in [0.3, 0.4) is 0 Å². The van der Waals surface area contributed by atoms with E-state index < -0.39 is 17.7 Å². The van der Waals surface area contributed by atoms with Gasteiger partial charge < -0.3 is 0 Å².